The molecule has 2 nitrogen and oxygen atoms in total. The van der Waals surface area contributed by atoms with Crippen molar-refractivity contribution in [3.05, 3.63) is 65.5 Å². The summed E-state index contributed by atoms with van der Waals surface area (Å²) in [6, 6.07) is 10.6. The molecule has 1 saturated heterocycles. The third kappa shape index (κ3) is 7.33. The van der Waals surface area contributed by atoms with Crippen LogP contribution in [0.25, 0.3) is 11.1 Å². The maximum atomic E-state index is 14.7. The van der Waals surface area contributed by atoms with Crippen LogP contribution in [-0.4, -0.2) is 26.0 Å². The van der Waals surface area contributed by atoms with Crippen LogP contribution < -0.4 is 4.74 Å². The minimum Gasteiger partial charge on any atom is -0.490 e. The molecule has 0 aromatic heterocycles. The quantitative estimate of drug-likeness (QED) is 0.225. The largest absolute Gasteiger partial charge is 0.490 e. The monoisotopic (exact) mass is 478 g/mol. The molecular formula is C28H34F4O2. The first-order chi connectivity index (χ1) is 16.5. The van der Waals surface area contributed by atoms with Gasteiger partial charge in [-0.15, -0.1) is 0 Å². The number of hydrogen-bond donors (Lipinski definition) is 0. The van der Waals surface area contributed by atoms with Crippen molar-refractivity contribution in [3.63, 3.8) is 0 Å². The molecule has 0 radical (unpaired) electrons. The molecule has 0 spiro atoms. The maximum Gasteiger partial charge on any atom is 0.201 e. The van der Waals surface area contributed by atoms with Gasteiger partial charge in [-0.2, -0.15) is 4.39 Å². The Labute approximate surface area is 200 Å². The molecule has 1 heterocycles. The molecule has 2 aromatic carbocycles. The smallest absolute Gasteiger partial charge is 0.201 e. The van der Waals surface area contributed by atoms with Crippen molar-refractivity contribution in [2.45, 2.75) is 70.3 Å². The first-order valence-corrected chi connectivity index (χ1v) is 12.3. The molecule has 1 aliphatic heterocycles. The third-order valence-corrected chi connectivity index (χ3v) is 6.34. The number of alkyl halides is 1. The van der Waals surface area contributed by atoms with Crippen LogP contribution in [0.15, 0.2) is 48.3 Å². The van der Waals surface area contributed by atoms with Gasteiger partial charge in [0.15, 0.2) is 11.6 Å². The summed E-state index contributed by atoms with van der Waals surface area (Å²) in [6.07, 6.45) is 8.24. The molecule has 0 N–H and O–H groups in total. The van der Waals surface area contributed by atoms with Crippen LogP contribution in [0.5, 0.6) is 5.75 Å². The predicted molar refractivity (Wildman–Crippen MR) is 128 cm³/mol. The van der Waals surface area contributed by atoms with Gasteiger partial charge in [0.1, 0.15) is 12.5 Å². The van der Waals surface area contributed by atoms with Crippen molar-refractivity contribution in [1.29, 1.82) is 0 Å². The van der Waals surface area contributed by atoms with E-state index in [-0.39, 0.29) is 23.3 Å². The van der Waals surface area contributed by atoms with Crippen molar-refractivity contribution in [2.24, 2.45) is 0 Å². The summed E-state index contributed by atoms with van der Waals surface area (Å²) in [5, 5.41) is 0. The van der Waals surface area contributed by atoms with Crippen LogP contribution in [0.4, 0.5) is 17.6 Å². The number of ether oxygens (including phenoxy) is 2. The lowest BCUT2D eigenvalue weighted by atomic mass is 9.89. The predicted octanol–water partition coefficient (Wildman–Crippen LogP) is 8.46. The molecule has 3 rings (SSSR count). The Hall–Kier alpha value is -2.34. The van der Waals surface area contributed by atoms with E-state index in [9.17, 15) is 17.6 Å². The highest BCUT2D eigenvalue weighted by Crippen LogP contribution is 2.33. The van der Waals surface area contributed by atoms with Crippen molar-refractivity contribution < 1.29 is 27.0 Å². The van der Waals surface area contributed by atoms with Crippen LogP contribution in [0.3, 0.4) is 0 Å². The Morgan fingerprint density at radius 2 is 1.82 bits per heavy atom. The molecule has 0 saturated carbocycles. The van der Waals surface area contributed by atoms with Gasteiger partial charge in [-0.25, -0.2) is 13.2 Å². The average molecular weight is 479 g/mol. The van der Waals surface area contributed by atoms with E-state index in [1.807, 2.05) is 24.3 Å². The van der Waals surface area contributed by atoms with E-state index in [1.54, 1.807) is 6.07 Å². The van der Waals surface area contributed by atoms with E-state index in [0.29, 0.717) is 25.2 Å². The van der Waals surface area contributed by atoms with Crippen molar-refractivity contribution >= 4 is 0 Å². The topological polar surface area (TPSA) is 18.5 Å². The fourth-order valence-corrected chi connectivity index (χ4v) is 4.29. The van der Waals surface area contributed by atoms with Gasteiger partial charge in [0.2, 0.25) is 5.82 Å². The van der Waals surface area contributed by atoms with E-state index in [0.717, 1.165) is 50.5 Å². The molecule has 1 fully saturated rings. The molecule has 34 heavy (non-hydrogen) atoms. The molecule has 2 aromatic rings. The van der Waals surface area contributed by atoms with Gasteiger partial charge in [-0.1, -0.05) is 50.1 Å². The van der Waals surface area contributed by atoms with Crippen molar-refractivity contribution in [1.82, 2.24) is 0 Å². The number of unbranched alkanes of at least 4 members (excludes halogenated alkanes) is 3. The Morgan fingerprint density at radius 3 is 2.50 bits per heavy atom. The summed E-state index contributed by atoms with van der Waals surface area (Å²) in [7, 11) is 0. The molecular weight excluding hydrogens is 444 g/mol. The first-order valence-electron chi connectivity index (χ1n) is 12.3. The summed E-state index contributed by atoms with van der Waals surface area (Å²) in [5.74, 6) is -2.36. The van der Waals surface area contributed by atoms with Gasteiger partial charge in [0.25, 0.3) is 0 Å². The lowest BCUT2D eigenvalue weighted by Crippen LogP contribution is -2.24. The second kappa shape index (κ2) is 13.5. The van der Waals surface area contributed by atoms with Crippen LogP contribution in [-0.2, 0) is 4.74 Å². The Kier molecular flexibility index (Phi) is 10.4. The highest BCUT2D eigenvalue weighted by molar-refractivity contribution is 5.65. The van der Waals surface area contributed by atoms with Gasteiger partial charge >= 0.3 is 0 Å². The first kappa shape index (κ1) is 26.3. The zero-order valence-corrected chi connectivity index (χ0v) is 19.8. The minimum atomic E-state index is -1.04. The lowest BCUT2D eigenvalue weighted by molar-refractivity contribution is -0.00167. The van der Waals surface area contributed by atoms with E-state index in [4.69, 9.17) is 9.47 Å². The minimum absolute atomic E-state index is 0.0496. The van der Waals surface area contributed by atoms with Gasteiger partial charge in [-0.3, -0.25) is 0 Å². The standard InChI is InChI=1S/C28H34F4O2/c1-2-3-6-17-33-26-16-15-25(27(31)28(26)32)21-11-9-20(10-12-21)22-13-14-24(34-19-22)8-5-4-7-23(30)18-29/h7,9-12,15-16,22,24H,2-6,8,13-14,17-19H2,1H3/b23-7-. The Morgan fingerprint density at radius 1 is 1.03 bits per heavy atom. The van der Waals surface area contributed by atoms with Crippen LogP contribution in [0.1, 0.15) is 69.8 Å². The summed E-state index contributed by atoms with van der Waals surface area (Å²) in [4.78, 5) is 0. The van der Waals surface area contributed by atoms with Crippen molar-refractivity contribution in [3.8, 4) is 16.9 Å². The summed E-state index contributed by atoms with van der Waals surface area (Å²) < 4.78 is 65.5. The maximum absolute atomic E-state index is 14.7. The second-order valence-electron chi connectivity index (χ2n) is 8.86. The number of allylic oxidation sites excluding steroid dienone is 2. The van der Waals surface area contributed by atoms with Crippen LogP contribution in [0.2, 0.25) is 0 Å². The van der Waals surface area contributed by atoms with Crippen LogP contribution >= 0.6 is 0 Å². The zero-order chi connectivity index (χ0) is 24.3. The SMILES string of the molecule is CCCCCOc1ccc(-c2ccc(C3CCC(CCC/C=C(\F)CF)OC3)cc2)c(F)c1F. The molecule has 1 aliphatic rings. The average Bonchev–Trinajstić information content (AvgIpc) is 2.87. The van der Waals surface area contributed by atoms with Gasteiger partial charge in [0, 0.05) is 11.5 Å². The highest BCUT2D eigenvalue weighted by atomic mass is 19.2. The fourth-order valence-electron chi connectivity index (χ4n) is 4.29. The van der Waals surface area contributed by atoms with E-state index < -0.39 is 24.1 Å². The molecule has 0 bridgehead atoms. The molecule has 186 valence electrons. The summed E-state index contributed by atoms with van der Waals surface area (Å²) in [5.41, 5.74) is 1.93. The number of hydrogen-bond acceptors (Lipinski definition) is 2. The van der Waals surface area contributed by atoms with Crippen LogP contribution in [0, 0.1) is 11.6 Å². The normalized spacial score (nSPS) is 18.8. The molecule has 0 amide bonds. The van der Waals surface area contributed by atoms with E-state index in [1.165, 1.54) is 12.1 Å². The second-order valence-corrected chi connectivity index (χ2v) is 8.86. The number of benzene rings is 2. The molecule has 0 aliphatic carbocycles. The van der Waals surface area contributed by atoms with E-state index in [2.05, 4.69) is 6.92 Å². The Balaban J connectivity index is 1.53. The van der Waals surface area contributed by atoms with Gasteiger partial charge in [-0.05, 0) is 61.8 Å². The fraction of sp³-hybridized carbons (Fsp3) is 0.500. The van der Waals surface area contributed by atoms with Gasteiger partial charge < -0.3 is 9.47 Å². The lowest BCUT2D eigenvalue weighted by Gasteiger charge is -2.29. The Bertz CT molecular complexity index is 919. The molecule has 6 heteroatoms. The summed E-state index contributed by atoms with van der Waals surface area (Å²) >= 11 is 0. The zero-order valence-electron chi connectivity index (χ0n) is 19.8. The highest BCUT2D eigenvalue weighted by Gasteiger charge is 2.23. The van der Waals surface area contributed by atoms with Gasteiger partial charge in [0.05, 0.1) is 19.3 Å². The number of halogens is 4. The van der Waals surface area contributed by atoms with E-state index >= 15 is 0 Å². The van der Waals surface area contributed by atoms with Crippen molar-refractivity contribution in [2.75, 3.05) is 19.9 Å². The molecule has 2 unspecified atom stereocenters. The number of rotatable bonds is 12. The third-order valence-electron chi connectivity index (χ3n) is 6.34. The molecule has 2 atom stereocenters. The summed E-state index contributed by atoms with van der Waals surface area (Å²) in [6.45, 7) is 1.99.